The van der Waals surface area contributed by atoms with E-state index in [2.05, 4.69) is 52.4 Å². The van der Waals surface area contributed by atoms with Crippen molar-refractivity contribution in [3.8, 4) is 0 Å². The monoisotopic (exact) mass is 378 g/mol. The number of carbonyl (C=O) groups excluding carboxylic acids is 1. The highest BCUT2D eigenvalue weighted by atomic mass is 16.1. The molecule has 1 unspecified atom stereocenters. The van der Waals surface area contributed by atoms with E-state index in [9.17, 15) is 4.79 Å². The van der Waals surface area contributed by atoms with Gasteiger partial charge in [-0.05, 0) is 43.2 Å². The highest BCUT2D eigenvalue weighted by molar-refractivity contribution is 5.79. The quantitative estimate of drug-likeness (QED) is 0.730. The van der Waals surface area contributed by atoms with E-state index in [0.717, 1.165) is 29.8 Å². The SMILES string of the molecule is Cc1nc2nc(N)nn2c(C)c1CC(=O)NC1CCC(C)(C)c2ccccc21. The van der Waals surface area contributed by atoms with Gasteiger partial charge in [0, 0.05) is 17.0 Å². The van der Waals surface area contributed by atoms with Gasteiger partial charge >= 0.3 is 0 Å². The zero-order valence-corrected chi connectivity index (χ0v) is 16.8. The number of hydrogen-bond acceptors (Lipinski definition) is 5. The Morgan fingerprint density at radius 2 is 2.04 bits per heavy atom. The minimum absolute atomic E-state index is 0.0139. The molecule has 0 saturated heterocycles. The van der Waals surface area contributed by atoms with Gasteiger partial charge in [-0.25, -0.2) is 4.98 Å². The Labute approximate surface area is 164 Å². The molecule has 7 heteroatoms. The lowest BCUT2D eigenvalue weighted by Gasteiger charge is -2.37. The number of anilines is 1. The fourth-order valence-corrected chi connectivity index (χ4v) is 4.25. The lowest BCUT2D eigenvalue weighted by molar-refractivity contribution is -0.121. The molecule has 2 aromatic heterocycles. The van der Waals surface area contributed by atoms with Crippen molar-refractivity contribution in [2.75, 3.05) is 5.73 Å². The first-order valence-corrected chi connectivity index (χ1v) is 9.63. The van der Waals surface area contributed by atoms with Gasteiger partial charge in [0.2, 0.25) is 11.9 Å². The molecule has 1 aromatic carbocycles. The minimum Gasteiger partial charge on any atom is -0.366 e. The standard InChI is InChI=1S/C21H26N6O/c1-12-15(13(2)27-20(23-12)25-19(22)26-27)11-18(28)24-17-9-10-21(3,4)16-8-6-5-7-14(16)17/h5-8,17H,9-11H2,1-4H3,(H2,22,26)(H,24,28). The summed E-state index contributed by atoms with van der Waals surface area (Å²) in [6.45, 7) is 8.33. The Bertz CT molecular complexity index is 1070. The van der Waals surface area contributed by atoms with Gasteiger partial charge in [0.05, 0.1) is 12.5 Å². The third kappa shape index (κ3) is 3.10. The number of nitrogens with two attached hydrogens (primary N) is 1. The van der Waals surface area contributed by atoms with Crippen LogP contribution in [0, 0.1) is 13.8 Å². The number of hydrogen-bond donors (Lipinski definition) is 2. The number of benzene rings is 1. The van der Waals surface area contributed by atoms with Gasteiger partial charge < -0.3 is 11.1 Å². The van der Waals surface area contributed by atoms with E-state index in [1.165, 1.54) is 11.1 Å². The molecule has 0 spiro atoms. The highest BCUT2D eigenvalue weighted by Crippen LogP contribution is 2.41. The second kappa shape index (κ2) is 6.58. The van der Waals surface area contributed by atoms with Crippen molar-refractivity contribution in [3.05, 3.63) is 52.3 Å². The molecule has 4 rings (SSSR count). The molecule has 0 fully saturated rings. The summed E-state index contributed by atoms with van der Waals surface area (Å²) >= 11 is 0. The average Bonchev–Trinajstić information content (AvgIpc) is 3.02. The summed E-state index contributed by atoms with van der Waals surface area (Å²) < 4.78 is 1.60. The molecule has 2 heterocycles. The molecule has 0 saturated carbocycles. The molecule has 1 amide bonds. The van der Waals surface area contributed by atoms with Gasteiger partial charge in [-0.2, -0.15) is 9.50 Å². The number of nitrogen functional groups attached to an aromatic ring is 1. The number of nitrogens with zero attached hydrogens (tertiary/aromatic N) is 4. The molecule has 7 nitrogen and oxygen atoms in total. The summed E-state index contributed by atoms with van der Waals surface area (Å²) in [7, 11) is 0. The van der Waals surface area contributed by atoms with E-state index < -0.39 is 0 Å². The van der Waals surface area contributed by atoms with Crippen LogP contribution >= 0.6 is 0 Å². The van der Waals surface area contributed by atoms with Crippen LogP contribution in [0.15, 0.2) is 24.3 Å². The summed E-state index contributed by atoms with van der Waals surface area (Å²) in [6.07, 6.45) is 2.23. The largest absolute Gasteiger partial charge is 0.366 e. The van der Waals surface area contributed by atoms with Crippen LogP contribution < -0.4 is 11.1 Å². The number of aryl methyl sites for hydroxylation is 2. The van der Waals surface area contributed by atoms with Crippen LogP contribution in [0.2, 0.25) is 0 Å². The molecule has 28 heavy (non-hydrogen) atoms. The minimum atomic E-state index is -0.0139. The van der Waals surface area contributed by atoms with Gasteiger partial charge in [-0.3, -0.25) is 4.79 Å². The normalized spacial score (nSPS) is 18.1. The van der Waals surface area contributed by atoms with Gasteiger partial charge in [0.15, 0.2) is 0 Å². The van der Waals surface area contributed by atoms with E-state index in [4.69, 9.17) is 5.73 Å². The van der Waals surface area contributed by atoms with Crippen molar-refractivity contribution in [3.63, 3.8) is 0 Å². The van der Waals surface area contributed by atoms with Crippen molar-refractivity contribution < 1.29 is 4.79 Å². The Morgan fingerprint density at radius 3 is 2.82 bits per heavy atom. The van der Waals surface area contributed by atoms with Crippen molar-refractivity contribution in [2.24, 2.45) is 0 Å². The Balaban J connectivity index is 1.58. The summed E-state index contributed by atoms with van der Waals surface area (Å²) in [4.78, 5) is 21.4. The zero-order chi connectivity index (χ0) is 20.1. The van der Waals surface area contributed by atoms with Crippen LogP contribution in [0.4, 0.5) is 5.95 Å². The number of rotatable bonds is 3. The molecule has 0 aliphatic heterocycles. The van der Waals surface area contributed by atoms with E-state index >= 15 is 0 Å². The van der Waals surface area contributed by atoms with Crippen molar-refractivity contribution in [2.45, 2.75) is 58.4 Å². The van der Waals surface area contributed by atoms with Crippen molar-refractivity contribution in [1.29, 1.82) is 0 Å². The van der Waals surface area contributed by atoms with Gasteiger partial charge in [0.25, 0.3) is 5.78 Å². The molecule has 1 aliphatic carbocycles. The first-order chi connectivity index (χ1) is 13.3. The topological polar surface area (TPSA) is 98.2 Å². The Kier molecular flexibility index (Phi) is 4.33. The van der Waals surface area contributed by atoms with Crippen LogP contribution in [0.1, 0.15) is 60.8 Å². The zero-order valence-electron chi connectivity index (χ0n) is 16.8. The van der Waals surface area contributed by atoms with E-state index in [-0.39, 0.29) is 29.7 Å². The van der Waals surface area contributed by atoms with Crippen molar-refractivity contribution >= 4 is 17.6 Å². The lowest BCUT2D eigenvalue weighted by Crippen LogP contribution is -2.36. The molecule has 1 aliphatic rings. The molecular weight excluding hydrogens is 352 g/mol. The second-order valence-corrected chi connectivity index (χ2v) is 8.25. The molecule has 1 atom stereocenters. The molecular formula is C21H26N6O. The summed E-state index contributed by atoms with van der Waals surface area (Å²) in [6, 6.07) is 8.46. The fourth-order valence-electron chi connectivity index (χ4n) is 4.25. The van der Waals surface area contributed by atoms with E-state index in [0.29, 0.717) is 5.78 Å². The van der Waals surface area contributed by atoms with Crippen LogP contribution in [0.5, 0.6) is 0 Å². The second-order valence-electron chi connectivity index (χ2n) is 8.25. The average molecular weight is 378 g/mol. The third-order valence-corrected chi connectivity index (χ3v) is 5.86. The van der Waals surface area contributed by atoms with E-state index in [1.807, 2.05) is 19.9 Å². The predicted octanol–water partition coefficient (Wildman–Crippen LogP) is 2.79. The number of nitrogens with one attached hydrogen (secondary N) is 1. The number of aromatic nitrogens is 4. The first-order valence-electron chi connectivity index (χ1n) is 9.63. The fraction of sp³-hybridized carbons (Fsp3) is 0.429. The molecule has 3 aromatic rings. The van der Waals surface area contributed by atoms with Crippen LogP contribution in [0.25, 0.3) is 5.78 Å². The molecule has 3 N–H and O–H groups in total. The summed E-state index contributed by atoms with van der Waals surface area (Å²) in [5, 5.41) is 7.40. The van der Waals surface area contributed by atoms with Crippen LogP contribution in [-0.2, 0) is 16.6 Å². The van der Waals surface area contributed by atoms with Gasteiger partial charge in [-0.15, -0.1) is 5.10 Å². The maximum atomic E-state index is 12.9. The Hall–Kier alpha value is -2.96. The predicted molar refractivity (Wildman–Crippen MR) is 108 cm³/mol. The highest BCUT2D eigenvalue weighted by Gasteiger charge is 2.33. The first kappa shape index (κ1) is 18.4. The van der Waals surface area contributed by atoms with Crippen LogP contribution in [-0.4, -0.2) is 25.5 Å². The molecule has 146 valence electrons. The Morgan fingerprint density at radius 1 is 1.29 bits per heavy atom. The van der Waals surface area contributed by atoms with E-state index in [1.54, 1.807) is 4.52 Å². The molecule has 0 radical (unpaired) electrons. The van der Waals surface area contributed by atoms with Crippen LogP contribution in [0.3, 0.4) is 0 Å². The summed E-state index contributed by atoms with van der Waals surface area (Å²) in [5.74, 6) is 0.623. The number of fused-ring (bicyclic) bond motifs is 2. The van der Waals surface area contributed by atoms with Crippen molar-refractivity contribution in [1.82, 2.24) is 24.9 Å². The smallest absolute Gasteiger partial charge is 0.254 e. The third-order valence-electron chi connectivity index (χ3n) is 5.86. The maximum absolute atomic E-state index is 12.9. The molecule has 0 bridgehead atoms. The van der Waals surface area contributed by atoms with Gasteiger partial charge in [-0.1, -0.05) is 38.1 Å². The lowest BCUT2D eigenvalue weighted by atomic mass is 9.71. The number of amides is 1. The maximum Gasteiger partial charge on any atom is 0.254 e. The summed E-state index contributed by atoms with van der Waals surface area (Å²) in [5.41, 5.74) is 10.8. The number of carbonyl (C=O) groups is 1. The van der Waals surface area contributed by atoms with Gasteiger partial charge in [0.1, 0.15) is 0 Å².